The van der Waals surface area contributed by atoms with E-state index >= 15 is 0 Å². The summed E-state index contributed by atoms with van der Waals surface area (Å²) in [5.74, 6) is 2.01. The van der Waals surface area contributed by atoms with E-state index in [-0.39, 0.29) is 0 Å². The van der Waals surface area contributed by atoms with Crippen LogP contribution in [-0.2, 0) is 0 Å². The maximum Gasteiger partial charge on any atom is 0.238 e. The molecule has 0 atom stereocenters. The van der Waals surface area contributed by atoms with Crippen LogP contribution in [0.15, 0.2) is 163 Å². The molecule has 0 aliphatic heterocycles. The number of para-hydroxylation sites is 3. The maximum atomic E-state index is 5.33. The molecule has 2 aliphatic rings. The van der Waals surface area contributed by atoms with Gasteiger partial charge in [-0.3, -0.25) is 4.57 Å². The lowest BCUT2D eigenvalue weighted by Crippen LogP contribution is -2.09. The molecule has 3 aromatic heterocycles. The molecule has 3 heterocycles. The Hall–Kier alpha value is -6.33. The molecular formula is C45H33N5. The third kappa shape index (κ3) is 4.58. The Balaban J connectivity index is 1.29. The van der Waals surface area contributed by atoms with Crippen LogP contribution < -0.4 is 0 Å². The molecule has 0 amide bonds. The van der Waals surface area contributed by atoms with Crippen LogP contribution in [0.3, 0.4) is 0 Å². The van der Waals surface area contributed by atoms with Crippen LogP contribution in [0.5, 0.6) is 0 Å². The molecule has 10 rings (SSSR count). The minimum atomic E-state index is 0.619. The van der Waals surface area contributed by atoms with Crippen molar-refractivity contribution in [2.75, 3.05) is 0 Å². The molecule has 0 saturated carbocycles. The summed E-state index contributed by atoms with van der Waals surface area (Å²) >= 11 is 0. The summed E-state index contributed by atoms with van der Waals surface area (Å²) in [6.45, 7) is 0. The van der Waals surface area contributed by atoms with Crippen LogP contribution in [0.1, 0.15) is 31.5 Å². The van der Waals surface area contributed by atoms with Crippen LogP contribution >= 0.6 is 0 Å². The van der Waals surface area contributed by atoms with Crippen molar-refractivity contribution in [2.24, 2.45) is 0 Å². The Morgan fingerprint density at radius 1 is 0.440 bits per heavy atom. The first-order chi connectivity index (χ1) is 24.8. The van der Waals surface area contributed by atoms with Gasteiger partial charge in [-0.05, 0) is 66.7 Å². The normalized spacial score (nSPS) is 14.8. The molecule has 2 aliphatic carbocycles. The molecule has 5 heteroatoms. The number of allylic oxidation sites excluding steroid dienone is 8. The predicted octanol–water partition coefficient (Wildman–Crippen LogP) is 11.1. The van der Waals surface area contributed by atoms with E-state index in [9.17, 15) is 0 Å². The first kappa shape index (κ1) is 28.7. The minimum absolute atomic E-state index is 0.619. The molecule has 0 fully saturated rings. The maximum absolute atomic E-state index is 5.33. The van der Waals surface area contributed by atoms with Gasteiger partial charge in [0.25, 0.3) is 0 Å². The first-order valence-corrected chi connectivity index (χ1v) is 17.4. The molecule has 5 nitrogen and oxygen atoms in total. The zero-order chi connectivity index (χ0) is 33.0. The number of hydrogen-bond donors (Lipinski definition) is 0. The topological polar surface area (TPSA) is 48.5 Å². The molecule has 0 N–H and O–H groups in total. The van der Waals surface area contributed by atoms with Crippen LogP contribution in [0.2, 0.25) is 0 Å². The molecule has 0 bridgehead atoms. The van der Waals surface area contributed by atoms with Gasteiger partial charge in [-0.15, -0.1) is 0 Å². The Bertz CT molecular complexity index is 2740. The van der Waals surface area contributed by atoms with Crippen molar-refractivity contribution in [1.82, 2.24) is 24.1 Å². The average molecular weight is 644 g/mol. The highest BCUT2D eigenvalue weighted by molar-refractivity contribution is 6.23. The van der Waals surface area contributed by atoms with Gasteiger partial charge in [0, 0.05) is 32.8 Å². The fourth-order valence-electron chi connectivity index (χ4n) is 7.84. The van der Waals surface area contributed by atoms with Crippen molar-refractivity contribution in [3.63, 3.8) is 0 Å². The van der Waals surface area contributed by atoms with Crippen molar-refractivity contribution in [3.8, 4) is 23.0 Å². The largest absolute Gasteiger partial charge is 0.307 e. The van der Waals surface area contributed by atoms with Crippen LogP contribution in [0.4, 0.5) is 0 Å². The summed E-state index contributed by atoms with van der Waals surface area (Å²) in [4.78, 5) is 15.7. The highest BCUT2D eigenvalue weighted by Crippen LogP contribution is 2.41. The van der Waals surface area contributed by atoms with Gasteiger partial charge in [0.1, 0.15) is 0 Å². The molecule has 50 heavy (non-hydrogen) atoms. The highest BCUT2D eigenvalue weighted by atomic mass is 15.2. The van der Waals surface area contributed by atoms with Gasteiger partial charge in [0.05, 0.1) is 22.1 Å². The van der Waals surface area contributed by atoms with E-state index in [0.29, 0.717) is 11.8 Å². The van der Waals surface area contributed by atoms with Gasteiger partial charge < -0.3 is 4.57 Å². The van der Waals surface area contributed by atoms with Gasteiger partial charge in [-0.2, -0.15) is 9.97 Å². The Kier molecular flexibility index (Phi) is 6.69. The summed E-state index contributed by atoms with van der Waals surface area (Å²) in [6.07, 6.45) is 15.2. The molecule has 0 unspecified atom stereocenters. The highest BCUT2D eigenvalue weighted by Gasteiger charge is 2.24. The summed E-state index contributed by atoms with van der Waals surface area (Å²) in [7, 11) is 0. The van der Waals surface area contributed by atoms with E-state index in [0.717, 1.165) is 81.2 Å². The van der Waals surface area contributed by atoms with Gasteiger partial charge in [-0.25, -0.2) is 4.98 Å². The quantitative estimate of drug-likeness (QED) is 0.187. The van der Waals surface area contributed by atoms with Crippen LogP contribution in [0.25, 0.3) is 72.2 Å². The summed E-state index contributed by atoms with van der Waals surface area (Å²) in [5.41, 5.74) is 10.5. The Labute approximate surface area is 289 Å². The smallest absolute Gasteiger partial charge is 0.238 e. The minimum Gasteiger partial charge on any atom is -0.307 e. The van der Waals surface area contributed by atoms with E-state index in [2.05, 4.69) is 143 Å². The third-order valence-corrected chi connectivity index (χ3v) is 10.2. The monoisotopic (exact) mass is 643 g/mol. The van der Waals surface area contributed by atoms with E-state index in [1.165, 1.54) is 21.9 Å². The van der Waals surface area contributed by atoms with E-state index < -0.39 is 0 Å². The summed E-state index contributed by atoms with van der Waals surface area (Å²) in [5, 5.41) is 4.73. The summed E-state index contributed by atoms with van der Waals surface area (Å²) in [6, 6.07) is 42.8. The molecule has 0 saturated heterocycles. The van der Waals surface area contributed by atoms with Gasteiger partial charge >= 0.3 is 0 Å². The second kappa shape index (κ2) is 11.7. The molecule has 8 aromatic rings. The molecule has 5 aromatic carbocycles. The van der Waals surface area contributed by atoms with Crippen molar-refractivity contribution < 1.29 is 0 Å². The molecule has 0 radical (unpaired) electrons. The van der Waals surface area contributed by atoms with Crippen molar-refractivity contribution >= 4 is 49.2 Å². The SMILES string of the molecule is C1=CCCC(C2=CC=C(c3nc(-c4ccccc4)nc(-n4c5ccccc5c5ccc6c7ccccc7n(-c7ccccc7)c6c54)n3)CC2)=C1. The van der Waals surface area contributed by atoms with Crippen molar-refractivity contribution in [3.05, 3.63) is 169 Å². The lowest BCUT2D eigenvalue weighted by atomic mass is 9.89. The van der Waals surface area contributed by atoms with Crippen LogP contribution in [0, 0.1) is 0 Å². The number of hydrogen-bond acceptors (Lipinski definition) is 3. The first-order valence-electron chi connectivity index (χ1n) is 17.4. The number of nitrogens with zero attached hydrogens (tertiary/aromatic N) is 5. The summed E-state index contributed by atoms with van der Waals surface area (Å²) < 4.78 is 4.67. The Morgan fingerprint density at radius 2 is 1.02 bits per heavy atom. The number of rotatable bonds is 5. The second-order valence-corrected chi connectivity index (χ2v) is 13.1. The lowest BCUT2D eigenvalue weighted by Gasteiger charge is -2.18. The fourth-order valence-corrected chi connectivity index (χ4v) is 7.84. The number of benzene rings is 5. The van der Waals surface area contributed by atoms with Gasteiger partial charge in [0.2, 0.25) is 5.95 Å². The van der Waals surface area contributed by atoms with Crippen LogP contribution in [-0.4, -0.2) is 24.1 Å². The molecule has 0 spiro atoms. The second-order valence-electron chi connectivity index (χ2n) is 13.1. The van der Waals surface area contributed by atoms with Crippen molar-refractivity contribution in [1.29, 1.82) is 0 Å². The number of aromatic nitrogens is 5. The lowest BCUT2D eigenvalue weighted by molar-refractivity contribution is 0.882. The van der Waals surface area contributed by atoms with E-state index in [1.807, 2.05) is 18.2 Å². The van der Waals surface area contributed by atoms with E-state index in [1.54, 1.807) is 0 Å². The fraction of sp³-hybridized carbons (Fsp3) is 0.0889. The average Bonchev–Trinajstić information content (AvgIpc) is 3.72. The number of fused-ring (bicyclic) bond motifs is 7. The van der Waals surface area contributed by atoms with E-state index in [4.69, 9.17) is 15.0 Å². The molecule has 238 valence electrons. The zero-order valence-corrected chi connectivity index (χ0v) is 27.5. The van der Waals surface area contributed by atoms with Gasteiger partial charge in [0.15, 0.2) is 11.6 Å². The Morgan fingerprint density at radius 3 is 1.70 bits per heavy atom. The predicted molar refractivity (Wildman–Crippen MR) is 206 cm³/mol. The third-order valence-electron chi connectivity index (χ3n) is 10.2. The van der Waals surface area contributed by atoms with Crippen molar-refractivity contribution in [2.45, 2.75) is 25.7 Å². The standard InChI is InChI=1S/C45H33N5/c1-4-14-30(15-5-1)31-24-26-33(27-25-31)44-46-43(32-16-6-2-7-17-32)47-45(48-44)50-40-23-13-11-21-36(40)38-29-28-37-35-20-10-12-22-39(35)49(41(37)42(38)50)34-18-8-3-9-19-34/h1-4,6-14,16-24,26,28-29H,5,15,25,27H2. The van der Waals surface area contributed by atoms with Gasteiger partial charge in [-0.1, -0.05) is 127 Å². The molecular weight excluding hydrogens is 611 g/mol. The zero-order valence-electron chi connectivity index (χ0n) is 27.5.